The zero-order chi connectivity index (χ0) is 77.3. The number of aryl methyl sites for hydroxylation is 6. The summed E-state index contributed by atoms with van der Waals surface area (Å²) in [7, 11) is -0.198. The summed E-state index contributed by atoms with van der Waals surface area (Å²) in [6.07, 6.45) is 1.09. The van der Waals surface area contributed by atoms with Crippen LogP contribution in [0.5, 0.6) is 0 Å². The molecule has 0 aliphatic carbocycles. The average molecular weight is 1530 g/mol. The quantitative estimate of drug-likeness (QED) is 0.0797. The van der Waals surface area contributed by atoms with E-state index in [1.54, 1.807) is 0 Å². The molecule has 0 bridgehead atoms. The van der Waals surface area contributed by atoms with Crippen LogP contribution in [0.2, 0.25) is 0 Å². The van der Waals surface area contributed by atoms with E-state index in [1.807, 2.05) is 0 Å². The molecule has 0 aliphatic heterocycles. The maximum absolute atomic E-state index is 2.29. The van der Waals surface area contributed by atoms with Crippen LogP contribution in [0.4, 0.5) is 0 Å². The maximum atomic E-state index is 2.29. The fourth-order valence-corrected chi connectivity index (χ4v) is 23.7. The van der Waals surface area contributed by atoms with Crippen LogP contribution in [0.1, 0.15) is 93.5 Å². The van der Waals surface area contributed by atoms with Gasteiger partial charge in [0.25, 0.3) is 0 Å². The molecule has 0 heterocycles. The van der Waals surface area contributed by atoms with Crippen LogP contribution >= 0.6 is 0 Å². The molecule has 0 saturated heterocycles. The molecule has 0 saturated carbocycles. The predicted octanol–water partition coefficient (Wildman–Crippen LogP) is 28.7. The lowest BCUT2D eigenvalue weighted by Crippen LogP contribution is -2.11. The van der Waals surface area contributed by atoms with Crippen molar-refractivity contribution >= 4 is 54.5 Å². The summed E-state index contributed by atoms with van der Waals surface area (Å²) >= 11 is 0. The summed E-state index contributed by atoms with van der Waals surface area (Å²) in [5.74, 6) is 0.573. The van der Waals surface area contributed by atoms with Gasteiger partial charge < -0.3 is 0 Å². The van der Waals surface area contributed by atoms with Crippen molar-refractivity contribution in [3.05, 3.63) is 449 Å². The maximum Gasteiger partial charge on any atom is 0.172 e. The lowest BCUT2D eigenvalue weighted by Gasteiger charge is -2.18. The highest BCUT2D eigenvalue weighted by molar-refractivity contribution is 7.98. The van der Waals surface area contributed by atoms with Crippen LogP contribution in [0.15, 0.2) is 456 Å². The third-order valence-electron chi connectivity index (χ3n) is 19.6. The fraction of sp³-hybridized carbons (Fsp3) is 0.143. The van der Waals surface area contributed by atoms with Gasteiger partial charge in [-0.15, -0.1) is 0 Å². The Labute approximate surface area is 673 Å². The van der Waals surface area contributed by atoms with E-state index in [-0.39, 0.29) is 54.5 Å². The monoisotopic (exact) mass is 1530 g/mol. The van der Waals surface area contributed by atoms with Gasteiger partial charge in [-0.1, -0.05) is 261 Å². The first-order valence-corrected chi connectivity index (χ1v) is 44.3. The topological polar surface area (TPSA) is 0 Å². The highest BCUT2D eigenvalue weighted by Crippen LogP contribution is 2.40. The van der Waals surface area contributed by atoms with Crippen molar-refractivity contribution in [1.82, 2.24) is 0 Å². The van der Waals surface area contributed by atoms with Crippen LogP contribution < -0.4 is 0 Å². The van der Waals surface area contributed by atoms with Crippen LogP contribution in [0.3, 0.4) is 0 Å². The van der Waals surface area contributed by atoms with Gasteiger partial charge in [0.2, 0.25) is 0 Å². The Morgan fingerprint density at radius 1 is 0.182 bits per heavy atom. The van der Waals surface area contributed by atoms with Crippen molar-refractivity contribution in [1.29, 1.82) is 0 Å². The molecule has 0 fully saturated rings. The van der Waals surface area contributed by atoms with Gasteiger partial charge in [0.15, 0.2) is 73.4 Å². The molecule has 0 spiro atoms. The van der Waals surface area contributed by atoms with E-state index in [9.17, 15) is 0 Å². The Bertz CT molecular complexity index is 4910. The van der Waals surface area contributed by atoms with Crippen LogP contribution in [0, 0.1) is 69.2 Å². The molecule has 0 amide bonds. The summed E-state index contributed by atoms with van der Waals surface area (Å²) < 4.78 is 0. The van der Waals surface area contributed by atoms with Crippen molar-refractivity contribution in [2.75, 3.05) is 0 Å². The molecule has 0 atom stereocenters. The van der Waals surface area contributed by atoms with Crippen LogP contribution in [-0.4, -0.2) is 0 Å². The fourth-order valence-electron chi connectivity index (χ4n) is 12.9. The molecule has 0 unspecified atom stereocenters. The smallest absolute Gasteiger partial charge is 0.0619 e. The molecule has 15 rings (SSSR count). The van der Waals surface area contributed by atoms with E-state index in [1.165, 1.54) is 140 Å². The number of rotatable bonds is 17. The Hall–Kier alpha value is -9.95. The summed E-state index contributed by atoms with van der Waals surface area (Å²) in [5, 5.41) is 0. The van der Waals surface area contributed by atoms with Gasteiger partial charge in [0.05, 0.1) is 54.5 Å². The van der Waals surface area contributed by atoms with Crippen molar-refractivity contribution < 1.29 is 0 Å². The Morgan fingerprint density at radius 2 is 0.345 bits per heavy atom. The molecule has 0 N–H and O–H groups in total. The van der Waals surface area contributed by atoms with Crippen molar-refractivity contribution in [3.8, 4) is 0 Å². The Morgan fingerprint density at radius 3 is 0.536 bits per heavy atom. The highest BCUT2D eigenvalue weighted by Gasteiger charge is 2.35. The van der Waals surface area contributed by atoms with Gasteiger partial charge in [-0.2, -0.15) is 0 Å². The lowest BCUT2D eigenvalue weighted by atomic mass is 9.95. The van der Waals surface area contributed by atoms with Gasteiger partial charge in [0.1, 0.15) is 0 Å². The molecule has 0 radical (unpaired) electrons. The molecule has 110 heavy (non-hydrogen) atoms. The second-order valence-corrected chi connectivity index (χ2v) is 38.0. The Kier molecular flexibility index (Phi) is 30.0. The molecule has 0 nitrogen and oxygen atoms in total. The predicted molar refractivity (Wildman–Crippen MR) is 478 cm³/mol. The zero-order valence-electron chi connectivity index (χ0n) is 66.2. The van der Waals surface area contributed by atoms with Crippen LogP contribution in [0.25, 0.3) is 0 Å². The number of hydrogen-bond acceptors (Lipinski definition) is 0. The summed E-state index contributed by atoms with van der Waals surface area (Å²) in [6.45, 7) is 28.7. The van der Waals surface area contributed by atoms with Gasteiger partial charge >= 0.3 is 0 Å². The van der Waals surface area contributed by atoms with E-state index in [0.29, 0.717) is 5.92 Å². The number of benzene rings is 15. The zero-order valence-corrected chi connectivity index (χ0v) is 70.3. The van der Waals surface area contributed by atoms with E-state index in [2.05, 4.69) is 472 Å². The molecule has 0 aliphatic rings. The third-order valence-corrected chi connectivity index (χ3v) is 31.1. The molecular formula is C105H105S5+5. The standard InChI is InChI=1S/C23H25S.2C21H21S.2C20H19S/c1-16-17(2)19(4)23(20(5)18(16)3)24(21-12-8-6-9-13-21)22-14-10-7-11-15-22;1-16-4-10-19(11-5-16)22(20-12-6-17(2)7-13-20)21-14-8-18(3)9-15-21;1-17(2)18-13-15-21(16-14-18)22(19-9-5-3-6-10-19)20-11-7-4-8-12-20;1-16-8-12-19(13-9-16)21(18-6-4-3-5-7-18)20-14-10-17(2)11-15-20;1-2-17-13-15-20(16-14-17)21(18-9-5-3-6-10-18)19-11-7-4-8-12-19/h6-15H,1-5H3;4-15H,1-3H3;3-17H,1-2H3;3-15H,1-2H3;3-16H,2H2,1H3/q5*+1. The van der Waals surface area contributed by atoms with Gasteiger partial charge in [-0.3, -0.25) is 0 Å². The largest absolute Gasteiger partial charge is 0.172 e. The van der Waals surface area contributed by atoms with Gasteiger partial charge in [-0.25, -0.2) is 0 Å². The number of hydrogen-bond donors (Lipinski definition) is 0. The minimum Gasteiger partial charge on any atom is -0.0619 e. The van der Waals surface area contributed by atoms with Gasteiger partial charge in [0, 0.05) is 11.1 Å². The average Bonchev–Trinajstić information content (AvgIpc) is 0.764. The normalized spacial score (nSPS) is 10.9. The molecule has 15 aromatic rings. The van der Waals surface area contributed by atoms with Crippen LogP contribution in [-0.2, 0) is 60.9 Å². The SMILES string of the molecule is CC(C)c1ccc([S+](c2ccccc2)c2ccccc2)cc1.CCc1ccc([S+](c2ccccc2)c2ccccc2)cc1.Cc1c(C)c(C)c([S+](c2ccccc2)c2ccccc2)c(C)c1C.Cc1ccc([S+](c2ccc(C)cc2)c2ccc(C)cc2)cc1.Cc1ccc([S+](c2ccccc2)c2ccc(C)cc2)cc1. The molecular weight excluding hydrogens is 1420 g/mol. The van der Waals surface area contributed by atoms with Crippen molar-refractivity contribution in [2.24, 2.45) is 0 Å². The lowest BCUT2D eigenvalue weighted by molar-refractivity contribution is 0.864. The van der Waals surface area contributed by atoms with E-state index < -0.39 is 0 Å². The minimum atomic E-state index is -0.0666. The summed E-state index contributed by atoms with van der Waals surface area (Å²) in [5.41, 5.74) is 16.5. The second kappa shape index (κ2) is 40.7. The first-order chi connectivity index (χ1) is 53.5. The van der Waals surface area contributed by atoms with E-state index in [0.717, 1.165) is 6.42 Å². The van der Waals surface area contributed by atoms with Gasteiger partial charge in [-0.05, 0) is 279 Å². The highest BCUT2D eigenvalue weighted by atomic mass is 32.2. The van der Waals surface area contributed by atoms with Crippen molar-refractivity contribution in [3.63, 3.8) is 0 Å². The minimum absolute atomic E-state index is 0.0249. The van der Waals surface area contributed by atoms with E-state index >= 15 is 0 Å². The third kappa shape index (κ3) is 21.8. The molecule has 15 aromatic carbocycles. The summed E-state index contributed by atoms with van der Waals surface area (Å²) in [4.78, 5) is 20.7. The molecule has 5 heteroatoms. The first kappa shape index (κ1) is 81.0. The van der Waals surface area contributed by atoms with Crippen molar-refractivity contribution in [2.45, 2.75) is 176 Å². The molecule has 550 valence electrons. The molecule has 0 aromatic heterocycles. The van der Waals surface area contributed by atoms with E-state index in [4.69, 9.17) is 0 Å². The second-order valence-electron chi connectivity index (χ2n) is 28.0. The summed E-state index contributed by atoms with van der Waals surface area (Å²) in [6, 6.07) is 139. The first-order valence-electron chi connectivity index (χ1n) is 38.2. The Balaban J connectivity index is 0.000000136.